The van der Waals surface area contributed by atoms with Gasteiger partial charge in [0.2, 0.25) is 0 Å². The van der Waals surface area contributed by atoms with Crippen molar-refractivity contribution in [2.24, 2.45) is 0 Å². The molecule has 1 heterocycles. The van der Waals surface area contributed by atoms with Crippen molar-refractivity contribution in [3.8, 4) is 11.5 Å². The second-order valence-electron chi connectivity index (χ2n) is 6.36. The Morgan fingerprint density at radius 3 is 2.21 bits per heavy atom. The maximum atomic E-state index is 13.0. The molecular weight excluding hydrogens is 388 g/mol. The molecule has 0 saturated carbocycles. The lowest BCUT2D eigenvalue weighted by Crippen LogP contribution is -2.17. The molecule has 3 aromatic rings. The van der Waals surface area contributed by atoms with Crippen molar-refractivity contribution in [3.63, 3.8) is 0 Å². The highest BCUT2D eigenvalue weighted by molar-refractivity contribution is 7.16. The van der Waals surface area contributed by atoms with Crippen molar-refractivity contribution in [1.29, 1.82) is 0 Å². The normalized spacial score (nSPS) is 10.3. The lowest BCUT2D eigenvalue weighted by atomic mass is 10.1. The predicted octanol–water partition coefficient (Wildman–Crippen LogP) is 4.89. The minimum Gasteiger partial charge on any atom is -0.497 e. The molecule has 3 rings (SSSR count). The summed E-state index contributed by atoms with van der Waals surface area (Å²) in [6.45, 7) is 3.79. The maximum Gasteiger partial charge on any atom is 0.258 e. The van der Waals surface area contributed by atoms with E-state index >= 15 is 0 Å². The molecule has 0 radical (unpaired) electrons. The Kier molecular flexibility index (Phi) is 6.19. The van der Waals surface area contributed by atoms with Crippen LogP contribution in [-0.4, -0.2) is 26.0 Å². The van der Waals surface area contributed by atoms with Gasteiger partial charge in [0.15, 0.2) is 0 Å². The number of carbonyl (C=O) groups is 2. The third-order valence-corrected chi connectivity index (χ3v) is 5.64. The van der Waals surface area contributed by atoms with E-state index in [2.05, 4.69) is 10.6 Å². The summed E-state index contributed by atoms with van der Waals surface area (Å²) in [6, 6.07) is 13.9. The van der Waals surface area contributed by atoms with Crippen LogP contribution in [0.15, 0.2) is 48.5 Å². The molecule has 6 nitrogen and oxygen atoms in total. The number of benzene rings is 2. The number of nitrogens with one attached hydrogen (secondary N) is 2. The summed E-state index contributed by atoms with van der Waals surface area (Å²) in [5.41, 5.74) is 2.39. The van der Waals surface area contributed by atoms with Gasteiger partial charge < -0.3 is 20.1 Å². The third-order valence-electron chi connectivity index (χ3n) is 4.52. The first-order valence-corrected chi connectivity index (χ1v) is 9.75. The molecule has 0 bridgehead atoms. The zero-order valence-corrected chi connectivity index (χ0v) is 17.5. The van der Waals surface area contributed by atoms with Crippen molar-refractivity contribution in [2.45, 2.75) is 13.8 Å². The first-order valence-electron chi connectivity index (χ1n) is 8.93. The number of anilines is 2. The zero-order chi connectivity index (χ0) is 21.0. The number of hydrogen-bond acceptors (Lipinski definition) is 5. The van der Waals surface area contributed by atoms with Crippen LogP contribution in [0.2, 0.25) is 0 Å². The van der Waals surface area contributed by atoms with E-state index < -0.39 is 0 Å². The van der Waals surface area contributed by atoms with Crippen LogP contribution in [0.25, 0.3) is 0 Å². The molecule has 0 aliphatic heterocycles. The van der Waals surface area contributed by atoms with Crippen LogP contribution >= 0.6 is 11.3 Å². The van der Waals surface area contributed by atoms with Crippen molar-refractivity contribution in [3.05, 3.63) is 70.1 Å². The van der Waals surface area contributed by atoms with Gasteiger partial charge in [-0.25, -0.2) is 0 Å². The van der Waals surface area contributed by atoms with E-state index in [4.69, 9.17) is 9.47 Å². The minimum atomic E-state index is -0.288. The Hall–Kier alpha value is -3.32. The fourth-order valence-corrected chi connectivity index (χ4v) is 3.85. The molecular formula is C22H22N2O4S. The average molecular weight is 410 g/mol. The van der Waals surface area contributed by atoms with Gasteiger partial charge in [-0.2, -0.15) is 0 Å². The second kappa shape index (κ2) is 8.79. The molecule has 2 aromatic carbocycles. The molecule has 0 unspecified atom stereocenters. The number of amides is 2. The van der Waals surface area contributed by atoms with Gasteiger partial charge >= 0.3 is 0 Å². The molecule has 2 amide bonds. The number of methoxy groups -OCH3 is 2. The quantitative estimate of drug-likeness (QED) is 0.607. The van der Waals surface area contributed by atoms with Crippen molar-refractivity contribution in [1.82, 2.24) is 0 Å². The van der Waals surface area contributed by atoms with E-state index in [1.807, 2.05) is 13.8 Å². The summed E-state index contributed by atoms with van der Waals surface area (Å²) in [4.78, 5) is 26.6. The van der Waals surface area contributed by atoms with Crippen LogP contribution in [0, 0.1) is 13.8 Å². The summed E-state index contributed by atoms with van der Waals surface area (Å²) >= 11 is 1.38. The molecule has 0 atom stereocenters. The first kappa shape index (κ1) is 20.4. The molecule has 150 valence electrons. The Morgan fingerprint density at radius 2 is 1.55 bits per heavy atom. The summed E-state index contributed by atoms with van der Waals surface area (Å²) in [6.07, 6.45) is 0. The van der Waals surface area contributed by atoms with Crippen LogP contribution in [0.3, 0.4) is 0 Å². The Balaban J connectivity index is 1.84. The Morgan fingerprint density at radius 1 is 0.862 bits per heavy atom. The highest BCUT2D eigenvalue weighted by Crippen LogP contribution is 2.33. The topological polar surface area (TPSA) is 76.7 Å². The van der Waals surface area contributed by atoms with Gasteiger partial charge in [-0.15, -0.1) is 11.3 Å². The highest BCUT2D eigenvalue weighted by atomic mass is 32.1. The van der Waals surface area contributed by atoms with Crippen LogP contribution < -0.4 is 20.1 Å². The minimum absolute atomic E-state index is 0.287. The fourth-order valence-electron chi connectivity index (χ4n) is 2.80. The van der Waals surface area contributed by atoms with Crippen molar-refractivity contribution < 1.29 is 19.1 Å². The summed E-state index contributed by atoms with van der Waals surface area (Å²) < 4.78 is 10.3. The SMILES string of the molecule is COc1ccc(C(=O)Nc2sc(C)c(C)c2C(=O)Nc2cccc(OC)c2)cc1. The molecule has 0 aliphatic carbocycles. The molecule has 0 aliphatic rings. The number of rotatable bonds is 6. The van der Waals surface area contributed by atoms with E-state index in [-0.39, 0.29) is 11.8 Å². The van der Waals surface area contributed by atoms with Crippen molar-refractivity contribution >= 4 is 33.8 Å². The number of thiophene rings is 1. The molecule has 2 N–H and O–H groups in total. The van der Waals surface area contributed by atoms with E-state index in [9.17, 15) is 9.59 Å². The molecule has 0 fully saturated rings. The van der Waals surface area contributed by atoms with Crippen LogP contribution in [0.4, 0.5) is 10.7 Å². The van der Waals surface area contributed by atoms with Gasteiger partial charge in [0.25, 0.3) is 11.8 Å². The maximum absolute atomic E-state index is 13.0. The van der Waals surface area contributed by atoms with Crippen LogP contribution in [0.1, 0.15) is 31.2 Å². The van der Waals surface area contributed by atoms with E-state index in [0.717, 1.165) is 10.4 Å². The lowest BCUT2D eigenvalue weighted by molar-refractivity contribution is 0.102. The fraction of sp³-hybridized carbons (Fsp3) is 0.182. The van der Waals surface area contributed by atoms with Gasteiger partial charge in [0.05, 0.1) is 19.8 Å². The second-order valence-corrected chi connectivity index (χ2v) is 7.58. The zero-order valence-electron chi connectivity index (χ0n) is 16.7. The Labute approximate surface area is 173 Å². The number of hydrogen-bond donors (Lipinski definition) is 2. The smallest absolute Gasteiger partial charge is 0.258 e. The van der Waals surface area contributed by atoms with Gasteiger partial charge in [-0.05, 0) is 55.8 Å². The largest absolute Gasteiger partial charge is 0.497 e. The third kappa shape index (κ3) is 4.57. The van der Waals surface area contributed by atoms with Crippen LogP contribution in [-0.2, 0) is 0 Å². The summed E-state index contributed by atoms with van der Waals surface area (Å²) in [5, 5.41) is 6.26. The summed E-state index contributed by atoms with van der Waals surface area (Å²) in [7, 11) is 3.14. The Bertz CT molecular complexity index is 1040. The van der Waals surface area contributed by atoms with Crippen LogP contribution in [0.5, 0.6) is 11.5 Å². The predicted molar refractivity (Wildman–Crippen MR) is 116 cm³/mol. The molecule has 0 spiro atoms. The average Bonchev–Trinajstić information content (AvgIpc) is 3.01. The molecule has 1 aromatic heterocycles. The van der Waals surface area contributed by atoms with E-state index in [1.165, 1.54) is 11.3 Å². The van der Waals surface area contributed by atoms with Gasteiger partial charge in [-0.3, -0.25) is 9.59 Å². The number of aryl methyl sites for hydroxylation is 1. The summed E-state index contributed by atoms with van der Waals surface area (Å²) in [5.74, 6) is 0.742. The first-order chi connectivity index (χ1) is 13.9. The molecule has 0 saturated heterocycles. The monoisotopic (exact) mass is 410 g/mol. The number of carbonyl (C=O) groups excluding carboxylic acids is 2. The lowest BCUT2D eigenvalue weighted by Gasteiger charge is -2.10. The molecule has 7 heteroatoms. The van der Waals surface area contributed by atoms with E-state index in [1.54, 1.807) is 62.8 Å². The van der Waals surface area contributed by atoms with Gasteiger partial charge in [0, 0.05) is 22.2 Å². The standard InChI is InChI=1S/C22H22N2O4S/c1-13-14(2)29-22(24-20(25)15-8-10-17(27-3)11-9-15)19(13)21(26)23-16-6-5-7-18(12-16)28-4/h5-12H,1-4H3,(H,23,26)(H,24,25). The van der Waals surface area contributed by atoms with Gasteiger partial charge in [0.1, 0.15) is 16.5 Å². The highest BCUT2D eigenvalue weighted by Gasteiger charge is 2.22. The van der Waals surface area contributed by atoms with Crippen molar-refractivity contribution in [2.75, 3.05) is 24.9 Å². The number of ether oxygens (including phenoxy) is 2. The molecule has 29 heavy (non-hydrogen) atoms. The van der Waals surface area contributed by atoms with Gasteiger partial charge in [-0.1, -0.05) is 6.07 Å². The van der Waals surface area contributed by atoms with E-state index in [0.29, 0.717) is 33.3 Å².